The fourth-order valence-electron chi connectivity index (χ4n) is 3.57. The van der Waals surface area contributed by atoms with Crippen LogP contribution in [0.15, 0.2) is 24.3 Å². The van der Waals surface area contributed by atoms with Crippen LogP contribution in [-0.2, 0) is 4.79 Å². The monoisotopic (exact) mass is 289 g/mol. The van der Waals surface area contributed by atoms with Crippen LogP contribution in [0.5, 0.6) is 5.75 Å². The lowest BCUT2D eigenvalue weighted by Gasteiger charge is -2.37. The average Bonchev–Trinajstić information content (AvgIpc) is 2.50. The highest BCUT2D eigenvalue weighted by Crippen LogP contribution is 2.36. The fraction of sp³-hybridized carbons (Fsp3) is 0.588. The zero-order valence-corrected chi connectivity index (χ0v) is 12.4. The summed E-state index contributed by atoms with van der Waals surface area (Å²) in [6.45, 7) is 2.90. The van der Waals surface area contributed by atoms with Crippen molar-refractivity contribution in [2.24, 2.45) is 11.8 Å². The van der Waals surface area contributed by atoms with Crippen molar-refractivity contribution in [3.8, 4) is 5.75 Å². The topological polar surface area (TPSA) is 58.6 Å². The average molecular weight is 289 g/mol. The number of aliphatic carboxylic acids is 1. The molecule has 2 N–H and O–H groups in total. The minimum Gasteiger partial charge on any atom is -0.493 e. The molecule has 0 radical (unpaired) electrons. The van der Waals surface area contributed by atoms with Gasteiger partial charge in [0.05, 0.1) is 12.5 Å². The molecule has 1 aliphatic carbocycles. The SMILES string of the molecule is CC1COc2ccccc2C1NC1CCCC(C(=O)O)C1. The second-order valence-corrected chi connectivity index (χ2v) is 6.37. The van der Waals surface area contributed by atoms with Crippen molar-refractivity contribution < 1.29 is 14.6 Å². The maximum Gasteiger partial charge on any atom is 0.306 e. The van der Waals surface area contributed by atoms with Crippen molar-refractivity contribution >= 4 is 5.97 Å². The number of benzene rings is 1. The van der Waals surface area contributed by atoms with Crippen molar-refractivity contribution in [1.29, 1.82) is 0 Å². The van der Waals surface area contributed by atoms with Gasteiger partial charge in [-0.3, -0.25) is 4.79 Å². The van der Waals surface area contributed by atoms with E-state index in [9.17, 15) is 9.90 Å². The lowest BCUT2D eigenvalue weighted by Crippen LogP contribution is -2.43. The first-order valence-electron chi connectivity index (χ1n) is 7.85. The lowest BCUT2D eigenvalue weighted by atomic mass is 9.83. The Labute approximate surface area is 125 Å². The Kier molecular flexibility index (Phi) is 4.15. The Hall–Kier alpha value is -1.55. The van der Waals surface area contributed by atoms with Crippen LogP contribution in [0, 0.1) is 11.8 Å². The zero-order chi connectivity index (χ0) is 14.8. The van der Waals surface area contributed by atoms with Crippen LogP contribution in [-0.4, -0.2) is 23.7 Å². The summed E-state index contributed by atoms with van der Waals surface area (Å²) >= 11 is 0. The molecule has 0 aromatic heterocycles. The van der Waals surface area contributed by atoms with Gasteiger partial charge >= 0.3 is 5.97 Å². The first kappa shape index (κ1) is 14.4. The summed E-state index contributed by atoms with van der Waals surface area (Å²) in [5, 5.41) is 12.9. The minimum atomic E-state index is -0.651. The highest BCUT2D eigenvalue weighted by molar-refractivity contribution is 5.70. The highest BCUT2D eigenvalue weighted by atomic mass is 16.5. The zero-order valence-electron chi connectivity index (χ0n) is 12.4. The molecule has 1 aliphatic heterocycles. The van der Waals surface area contributed by atoms with Crippen molar-refractivity contribution in [3.05, 3.63) is 29.8 Å². The molecule has 4 nitrogen and oxygen atoms in total. The van der Waals surface area contributed by atoms with E-state index < -0.39 is 5.97 Å². The van der Waals surface area contributed by atoms with E-state index >= 15 is 0 Å². The molecule has 4 heteroatoms. The van der Waals surface area contributed by atoms with Crippen LogP contribution < -0.4 is 10.1 Å². The van der Waals surface area contributed by atoms with Crippen molar-refractivity contribution in [1.82, 2.24) is 5.32 Å². The first-order chi connectivity index (χ1) is 10.1. The third-order valence-corrected chi connectivity index (χ3v) is 4.76. The molecule has 4 unspecified atom stereocenters. The van der Waals surface area contributed by atoms with Crippen molar-refractivity contribution in [2.45, 2.75) is 44.7 Å². The highest BCUT2D eigenvalue weighted by Gasteiger charge is 2.32. The molecule has 1 saturated carbocycles. The molecule has 0 bridgehead atoms. The van der Waals surface area contributed by atoms with Gasteiger partial charge in [-0.25, -0.2) is 0 Å². The smallest absolute Gasteiger partial charge is 0.306 e. The second kappa shape index (κ2) is 6.06. The van der Waals surface area contributed by atoms with Crippen LogP contribution in [0.2, 0.25) is 0 Å². The molecule has 0 saturated heterocycles. The van der Waals surface area contributed by atoms with Gasteiger partial charge in [0.15, 0.2) is 0 Å². The number of fused-ring (bicyclic) bond motifs is 1. The Balaban J connectivity index is 1.73. The second-order valence-electron chi connectivity index (χ2n) is 6.37. The van der Waals surface area contributed by atoms with Crippen LogP contribution in [0.25, 0.3) is 0 Å². The third-order valence-electron chi connectivity index (χ3n) is 4.76. The minimum absolute atomic E-state index is 0.193. The van der Waals surface area contributed by atoms with Gasteiger partial charge in [0, 0.05) is 23.6 Å². The van der Waals surface area contributed by atoms with Gasteiger partial charge in [-0.05, 0) is 25.3 Å². The van der Waals surface area contributed by atoms with Crippen LogP contribution in [0.3, 0.4) is 0 Å². The maximum atomic E-state index is 11.2. The molecule has 1 aromatic carbocycles. The third kappa shape index (κ3) is 3.05. The van der Waals surface area contributed by atoms with Crippen molar-refractivity contribution in [2.75, 3.05) is 6.61 Å². The van der Waals surface area contributed by atoms with Gasteiger partial charge in [-0.15, -0.1) is 0 Å². The molecule has 1 heterocycles. The maximum absolute atomic E-state index is 11.2. The molecule has 0 amide bonds. The van der Waals surface area contributed by atoms with E-state index in [1.807, 2.05) is 18.2 Å². The van der Waals surface area contributed by atoms with Gasteiger partial charge in [0.2, 0.25) is 0 Å². The predicted molar refractivity (Wildman–Crippen MR) is 80.4 cm³/mol. The molecule has 1 aromatic rings. The van der Waals surface area contributed by atoms with E-state index in [1.54, 1.807) is 0 Å². The Morgan fingerprint density at radius 2 is 2.14 bits per heavy atom. The Bertz CT molecular complexity index is 517. The number of carbonyl (C=O) groups is 1. The molecule has 0 spiro atoms. The van der Waals surface area contributed by atoms with Gasteiger partial charge in [0.25, 0.3) is 0 Å². The van der Waals surface area contributed by atoms with E-state index in [1.165, 1.54) is 5.56 Å². The van der Waals surface area contributed by atoms with Crippen molar-refractivity contribution in [3.63, 3.8) is 0 Å². The van der Waals surface area contributed by atoms with Crippen LogP contribution in [0.4, 0.5) is 0 Å². The van der Waals surface area contributed by atoms with E-state index in [4.69, 9.17) is 4.74 Å². The largest absolute Gasteiger partial charge is 0.493 e. The number of nitrogens with one attached hydrogen (secondary N) is 1. The van der Waals surface area contributed by atoms with Gasteiger partial charge in [-0.1, -0.05) is 31.5 Å². The molecule has 3 rings (SSSR count). The number of ether oxygens (including phenoxy) is 1. The summed E-state index contributed by atoms with van der Waals surface area (Å²) in [5.74, 6) is 0.507. The molecular weight excluding hydrogens is 266 g/mol. The van der Waals surface area contributed by atoms with Crippen LogP contribution >= 0.6 is 0 Å². The summed E-state index contributed by atoms with van der Waals surface area (Å²) in [5.41, 5.74) is 1.20. The molecule has 1 fully saturated rings. The quantitative estimate of drug-likeness (QED) is 0.898. The fourth-order valence-corrected chi connectivity index (χ4v) is 3.57. The predicted octanol–water partition coefficient (Wildman–Crippen LogP) is 2.99. The standard InChI is InChI=1S/C17H23NO3/c1-11-10-21-15-8-3-2-7-14(15)16(11)18-13-6-4-5-12(9-13)17(19)20/h2-3,7-8,11-13,16,18H,4-6,9-10H2,1H3,(H,19,20). The molecular formula is C17H23NO3. The van der Waals surface area contributed by atoms with E-state index in [0.717, 1.165) is 31.4 Å². The summed E-state index contributed by atoms with van der Waals surface area (Å²) < 4.78 is 5.78. The van der Waals surface area contributed by atoms with Gasteiger partial charge < -0.3 is 15.2 Å². The number of hydrogen-bond acceptors (Lipinski definition) is 3. The first-order valence-corrected chi connectivity index (χ1v) is 7.85. The number of carboxylic acid groups (broad SMARTS) is 1. The number of rotatable bonds is 3. The van der Waals surface area contributed by atoms with E-state index in [0.29, 0.717) is 18.6 Å². The molecule has 114 valence electrons. The molecule has 4 atom stereocenters. The normalized spacial score (nSPS) is 32.0. The summed E-state index contributed by atoms with van der Waals surface area (Å²) in [4.78, 5) is 11.2. The van der Waals surface area contributed by atoms with Crippen LogP contribution in [0.1, 0.15) is 44.2 Å². The molecule has 21 heavy (non-hydrogen) atoms. The van der Waals surface area contributed by atoms with E-state index in [-0.39, 0.29) is 12.0 Å². The van der Waals surface area contributed by atoms with Gasteiger partial charge in [0.1, 0.15) is 5.75 Å². The van der Waals surface area contributed by atoms with E-state index in [2.05, 4.69) is 18.3 Å². The summed E-state index contributed by atoms with van der Waals surface area (Å²) in [6, 6.07) is 8.70. The molecule has 2 aliphatic rings. The summed E-state index contributed by atoms with van der Waals surface area (Å²) in [6.07, 6.45) is 3.61. The number of carboxylic acids is 1. The Morgan fingerprint density at radius 3 is 2.95 bits per heavy atom. The summed E-state index contributed by atoms with van der Waals surface area (Å²) in [7, 11) is 0. The lowest BCUT2D eigenvalue weighted by molar-refractivity contribution is -0.143. The number of para-hydroxylation sites is 1. The Morgan fingerprint density at radius 1 is 1.33 bits per heavy atom. The van der Waals surface area contributed by atoms with Gasteiger partial charge in [-0.2, -0.15) is 0 Å². The number of hydrogen-bond donors (Lipinski definition) is 2.